The number of piperazine rings is 1. The number of sulfonamides is 1. The molecule has 5 rings (SSSR count). The van der Waals surface area contributed by atoms with Gasteiger partial charge in [-0.25, -0.2) is 13.4 Å². The molecular weight excluding hydrogens is 474 g/mol. The van der Waals surface area contributed by atoms with E-state index >= 15 is 0 Å². The number of H-pyrrole nitrogens is 1. The smallest absolute Gasteiger partial charge is 0.259 e. The van der Waals surface area contributed by atoms with Crippen molar-refractivity contribution in [2.75, 3.05) is 36.4 Å². The maximum Gasteiger partial charge on any atom is 0.259 e. The standard InChI is InChI=1S/C24H22ClN5O3S/c25-20-11-10-18(16-19(20)23(31)28-24-26-21-8-4-5-9-22(21)27-24)34(32,33)30-14-12-29(13-15-30)17-6-2-1-3-7-17/h1-11,16H,12-15H2,(H2,26,27,28,31). The zero-order chi connectivity index (χ0) is 23.7. The normalized spacial score (nSPS) is 14.9. The Bertz CT molecular complexity index is 1420. The molecule has 0 atom stereocenters. The highest BCUT2D eigenvalue weighted by atomic mass is 35.5. The summed E-state index contributed by atoms with van der Waals surface area (Å²) in [5, 5.41) is 2.82. The molecule has 1 aliphatic heterocycles. The van der Waals surface area contributed by atoms with Crippen molar-refractivity contribution in [2.45, 2.75) is 4.90 Å². The molecule has 4 aromatic rings. The third-order valence-electron chi connectivity index (χ3n) is 5.80. The van der Waals surface area contributed by atoms with Crippen molar-refractivity contribution in [2.24, 2.45) is 0 Å². The summed E-state index contributed by atoms with van der Waals surface area (Å²) in [7, 11) is -3.79. The van der Waals surface area contributed by atoms with Crippen molar-refractivity contribution in [3.05, 3.63) is 83.4 Å². The van der Waals surface area contributed by atoms with Crippen molar-refractivity contribution in [3.63, 3.8) is 0 Å². The minimum Gasteiger partial charge on any atom is -0.369 e. The summed E-state index contributed by atoms with van der Waals surface area (Å²) in [5.41, 5.74) is 2.60. The van der Waals surface area contributed by atoms with E-state index in [1.807, 2.05) is 54.6 Å². The molecule has 0 bridgehead atoms. The van der Waals surface area contributed by atoms with Gasteiger partial charge in [-0.05, 0) is 42.5 Å². The van der Waals surface area contributed by atoms with Crippen LogP contribution in [0.25, 0.3) is 11.0 Å². The van der Waals surface area contributed by atoms with Crippen LogP contribution in [-0.2, 0) is 10.0 Å². The van der Waals surface area contributed by atoms with E-state index in [2.05, 4.69) is 20.2 Å². The van der Waals surface area contributed by atoms with Crippen LogP contribution < -0.4 is 10.2 Å². The Morgan fingerprint density at radius 2 is 1.65 bits per heavy atom. The van der Waals surface area contributed by atoms with Crippen molar-refractivity contribution in [1.82, 2.24) is 14.3 Å². The van der Waals surface area contributed by atoms with Gasteiger partial charge in [0.25, 0.3) is 5.91 Å². The van der Waals surface area contributed by atoms with Gasteiger partial charge in [0.05, 0.1) is 26.5 Å². The lowest BCUT2D eigenvalue weighted by atomic mass is 10.2. The first-order valence-corrected chi connectivity index (χ1v) is 12.6. The predicted molar refractivity (Wildman–Crippen MR) is 133 cm³/mol. The fourth-order valence-corrected chi connectivity index (χ4v) is 5.65. The fraction of sp³-hybridized carbons (Fsp3) is 0.167. The number of para-hydroxylation sites is 3. The SMILES string of the molecule is O=C(Nc1nc2ccccc2[nH]1)c1cc(S(=O)(=O)N2CCN(c3ccccc3)CC2)ccc1Cl. The van der Waals surface area contributed by atoms with E-state index in [0.29, 0.717) is 31.7 Å². The highest BCUT2D eigenvalue weighted by molar-refractivity contribution is 7.89. The van der Waals surface area contributed by atoms with E-state index in [0.717, 1.165) is 11.2 Å². The van der Waals surface area contributed by atoms with E-state index in [1.165, 1.54) is 22.5 Å². The third kappa shape index (κ3) is 4.37. The largest absolute Gasteiger partial charge is 0.369 e. The van der Waals surface area contributed by atoms with E-state index in [1.54, 1.807) is 0 Å². The second-order valence-corrected chi connectivity index (χ2v) is 10.3. The Hall–Kier alpha value is -3.40. The Morgan fingerprint density at radius 1 is 0.941 bits per heavy atom. The third-order valence-corrected chi connectivity index (χ3v) is 8.03. The second kappa shape index (κ2) is 9.09. The highest BCUT2D eigenvalue weighted by Crippen LogP contribution is 2.26. The van der Waals surface area contributed by atoms with E-state index in [9.17, 15) is 13.2 Å². The average molecular weight is 496 g/mol. The van der Waals surface area contributed by atoms with Gasteiger partial charge in [-0.15, -0.1) is 0 Å². The molecule has 1 aliphatic rings. The number of hydrogen-bond donors (Lipinski definition) is 2. The van der Waals surface area contributed by atoms with Crippen LogP contribution in [0, 0.1) is 0 Å². The molecule has 1 fully saturated rings. The summed E-state index contributed by atoms with van der Waals surface area (Å²) in [6.45, 7) is 1.85. The van der Waals surface area contributed by atoms with Crippen molar-refractivity contribution in [3.8, 4) is 0 Å². The van der Waals surface area contributed by atoms with Crippen molar-refractivity contribution >= 4 is 50.2 Å². The van der Waals surface area contributed by atoms with Gasteiger partial charge in [-0.3, -0.25) is 10.1 Å². The minimum absolute atomic E-state index is 0.0276. The quantitative estimate of drug-likeness (QED) is 0.436. The summed E-state index contributed by atoms with van der Waals surface area (Å²) < 4.78 is 28.1. The molecule has 1 amide bonds. The van der Waals surface area contributed by atoms with Crippen LogP contribution in [0.5, 0.6) is 0 Å². The molecule has 1 aromatic heterocycles. The summed E-state index contributed by atoms with van der Waals surface area (Å²) >= 11 is 6.25. The number of hydrogen-bond acceptors (Lipinski definition) is 5. The lowest BCUT2D eigenvalue weighted by Crippen LogP contribution is -2.48. The van der Waals surface area contributed by atoms with Crippen LogP contribution in [0.2, 0.25) is 5.02 Å². The van der Waals surface area contributed by atoms with Crippen LogP contribution in [0.1, 0.15) is 10.4 Å². The molecule has 34 heavy (non-hydrogen) atoms. The fourth-order valence-electron chi connectivity index (χ4n) is 4.00. The number of halogens is 1. The van der Waals surface area contributed by atoms with Crippen LogP contribution in [-0.4, -0.2) is 54.8 Å². The number of benzene rings is 3. The number of rotatable bonds is 5. The number of nitrogens with zero attached hydrogens (tertiary/aromatic N) is 3. The Morgan fingerprint density at radius 3 is 2.38 bits per heavy atom. The van der Waals surface area contributed by atoms with E-state index in [4.69, 9.17) is 11.6 Å². The van der Waals surface area contributed by atoms with Gasteiger partial charge in [0.2, 0.25) is 16.0 Å². The van der Waals surface area contributed by atoms with Gasteiger partial charge >= 0.3 is 0 Å². The number of amides is 1. The van der Waals surface area contributed by atoms with Crippen molar-refractivity contribution in [1.29, 1.82) is 0 Å². The average Bonchev–Trinajstić information content (AvgIpc) is 3.27. The number of fused-ring (bicyclic) bond motifs is 1. The molecule has 10 heteroatoms. The summed E-state index contributed by atoms with van der Waals surface area (Å²) in [4.78, 5) is 22.4. The van der Waals surface area contributed by atoms with Gasteiger partial charge in [0.1, 0.15) is 0 Å². The van der Waals surface area contributed by atoms with Gasteiger partial charge in [-0.2, -0.15) is 4.31 Å². The first kappa shape index (κ1) is 22.4. The number of nitrogens with one attached hydrogen (secondary N) is 2. The summed E-state index contributed by atoms with van der Waals surface area (Å²) in [6, 6.07) is 21.4. The summed E-state index contributed by atoms with van der Waals surface area (Å²) in [5.74, 6) is -0.289. The Kier molecular flexibility index (Phi) is 5.99. The lowest BCUT2D eigenvalue weighted by molar-refractivity contribution is 0.102. The van der Waals surface area contributed by atoms with Gasteiger partial charge in [-0.1, -0.05) is 41.9 Å². The number of aromatic nitrogens is 2. The highest BCUT2D eigenvalue weighted by Gasteiger charge is 2.29. The van der Waals surface area contributed by atoms with Gasteiger partial charge in [0.15, 0.2) is 0 Å². The van der Waals surface area contributed by atoms with Gasteiger partial charge < -0.3 is 9.88 Å². The van der Waals surface area contributed by atoms with Gasteiger partial charge in [0, 0.05) is 31.9 Å². The Labute approximate surface area is 202 Å². The number of imidazole rings is 1. The number of carbonyl (C=O) groups excluding carboxylic acids is 1. The molecular formula is C24H22ClN5O3S. The molecule has 2 heterocycles. The molecule has 0 saturated carbocycles. The molecule has 0 spiro atoms. The monoisotopic (exact) mass is 495 g/mol. The minimum atomic E-state index is -3.79. The van der Waals surface area contributed by atoms with Crippen LogP contribution in [0.4, 0.5) is 11.6 Å². The molecule has 174 valence electrons. The lowest BCUT2D eigenvalue weighted by Gasteiger charge is -2.35. The predicted octanol–water partition coefficient (Wildman–Crippen LogP) is 3.98. The van der Waals surface area contributed by atoms with Crippen molar-refractivity contribution < 1.29 is 13.2 Å². The van der Waals surface area contributed by atoms with Crippen LogP contribution in [0.3, 0.4) is 0 Å². The molecule has 8 nitrogen and oxygen atoms in total. The van der Waals surface area contributed by atoms with E-state index in [-0.39, 0.29) is 21.4 Å². The first-order valence-electron chi connectivity index (χ1n) is 10.8. The maximum absolute atomic E-state index is 13.3. The molecule has 1 saturated heterocycles. The molecule has 2 N–H and O–H groups in total. The zero-order valence-corrected chi connectivity index (χ0v) is 19.7. The molecule has 3 aromatic carbocycles. The summed E-state index contributed by atoms with van der Waals surface area (Å²) in [6.07, 6.45) is 0. The van der Waals surface area contributed by atoms with E-state index < -0.39 is 15.9 Å². The van der Waals surface area contributed by atoms with Crippen LogP contribution in [0.15, 0.2) is 77.7 Å². The Balaban J connectivity index is 1.33. The van der Waals surface area contributed by atoms with Crippen LogP contribution >= 0.6 is 11.6 Å². The molecule has 0 radical (unpaired) electrons. The number of anilines is 2. The number of aromatic amines is 1. The molecule has 0 aliphatic carbocycles. The number of carbonyl (C=O) groups is 1. The molecule has 0 unspecified atom stereocenters. The first-order chi connectivity index (χ1) is 16.4. The second-order valence-electron chi connectivity index (χ2n) is 7.93. The maximum atomic E-state index is 13.3. The topological polar surface area (TPSA) is 98.4 Å². The zero-order valence-electron chi connectivity index (χ0n) is 18.1.